The Kier molecular flexibility index (Phi) is 2.23. The molecule has 2 nitrogen and oxygen atoms in total. The van der Waals surface area contributed by atoms with E-state index in [1.807, 2.05) is 32.5 Å². The first-order chi connectivity index (χ1) is 5.57. The topological polar surface area (TPSA) is 17.8 Å². The van der Waals surface area contributed by atoms with E-state index in [9.17, 15) is 0 Å². The summed E-state index contributed by atoms with van der Waals surface area (Å²) in [6.45, 7) is 6.07. The van der Waals surface area contributed by atoms with E-state index < -0.39 is 0 Å². The molecule has 0 spiro atoms. The SMILES string of the molecule is C#CC(C)c1c(C)nn(C)c1C. The number of aryl methyl sites for hydroxylation is 2. The molecule has 0 bridgehead atoms. The molecule has 12 heavy (non-hydrogen) atoms. The van der Waals surface area contributed by atoms with Crippen LogP contribution in [0.25, 0.3) is 0 Å². The number of nitrogens with zero attached hydrogens (tertiary/aromatic N) is 2. The first kappa shape index (κ1) is 8.86. The van der Waals surface area contributed by atoms with Crippen molar-refractivity contribution in [1.29, 1.82) is 0 Å². The Bertz CT molecular complexity index is 328. The molecule has 1 unspecified atom stereocenters. The fraction of sp³-hybridized carbons (Fsp3) is 0.500. The molecule has 0 aliphatic carbocycles. The molecule has 2 heteroatoms. The minimum Gasteiger partial charge on any atom is -0.272 e. The molecule has 1 aromatic rings. The number of aromatic nitrogens is 2. The van der Waals surface area contributed by atoms with Crippen molar-refractivity contribution >= 4 is 0 Å². The van der Waals surface area contributed by atoms with Crippen LogP contribution in [0, 0.1) is 26.2 Å². The zero-order chi connectivity index (χ0) is 9.30. The van der Waals surface area contributed by atoms with E-state index in [4.69, 9.17) is 6.42 Å². The summed E-state index contributed by atoms with van der Waals surface area (Å²) in [6, 6.07) is 0. The summed E-state index contributed by atoms with van der Waals surface area (Å²) >= 11 is 0. The highest BCUT2D eigenvalue weighted by molar-refractivity contribution is 5.32. The Balaban J connectivity index is 3.24. The number of hydrogen-bond acceptors (Lipinski definition) is 1. The van der Waals surface area contributed by atoms with E-state index in [-0.39, 0.29) is 5.92 Å². The summed E-state index contributed by atoms with van der Waals surface area (Å²) in [6.07, 6.45) is 5.36. The van der Waals surface area contributed by atoms with E-state index in [1.165, 1.54) is 5.56 Å². The first-order valence-corrected chi connectivity index (χ1v) is 4.04. The van der Waals surface area contributed by atoms with Gasteiger partial charge in [-0.1, -0.05) is 5.92 Å². The molecular weight excluding hydrogens is 148 g/mol. The van der Waals surface area contributed by atoms with Crippen molar-refractivity contribution in [2.45, 2.75) is 26.7 Å². The van der Waals surface area contributed by atoms with Crippen LogP contribution in [0.2, 0.25) is 0 Å². The molecule has 0 aliphatic rings. The molecule has 0 saturated heterocycles. The maximum absolute atomic E-state index is 5.36. The van der Waals surface area contributed by atoms with Crippen molar-refractivity contribution in [2.75, 3.05) is 0 Å². The van der Waals surface area contributed by atoms with Crippen molar-refractivity contribution in [1.82, 2.24) is 9.78 Å². The van der Waals surface area contributed by atoms with Gasteiger partial charge in [0.25, 0.3) is 0 Å². The van der Waals surface area contributed by atoms with Crippen LogP contribution in [0.1, 0.15) is 29.8 Å². The van der Waals surface area contributed by atoms with Gasteiger partial charge in [0.2, 0.25) is 0 Å². The molecule has 1 rings (SSSR count). The van der Waals surface area contributed by atoms with Gasteiger partial charge in [0.15, 0.2) is 0 Å². The summed E-state index contributed by atoms with van der Waals surface area (Å²) in [5, 5.41) is 4.30. The predicted molar refractivity (Wildman–Crippen MR) is 49.9 cm³/mol. The van der Waals surface area contributed by atoms with Gasteiger partial charge in [-0.2, -0.15) is 5.10 Å². The lowest BCUT2D eigenvalue weighted by Crippen LogP contribution is -1.96. The Morgan fingerprint density at radius 2 is 2.08 bits per heavy atom. The van der Waals surface area contributed by atoms with Gasteiger partial charge in [-0.3, -0.25) is 4.68 Å². The van der Waals surface area contributed by atoms with Gasteiger partial charge < -0.3 is 0 Å². The molecule has 64 valence electrons. The van der Waals surface area contributed by atoms with Crippen molar-refractivity contribution < 1.29 is 0 Å². The van der Waals surface area contributed by atoms with Gasteiger partial charge in [0, 0.05) is 24.2 Å². The second-order valence-corrected chi connectivity index (χ2v) is 3.10. The smallest absolute Gasteiger partial charge is 0.0640 e. The zero-order valence-electron chi connectivity index (χ0n) is 8.05. The lowest BCUT2D eigenvalue weighted by Gasteiger charge is -2.03. The number of hydrogen-bond donors (Lipinski definition) is 0. The maximum Gasteiger partial charge on any atom is 0.0640 e. The maximum atomic E-state index is 5.36. The minimum atomic E-state index is 0.165. The Morgan fingerprint density at radius 1 is 1.50 bits per heavy atom. The summed E-state index contributed by atoms with van der Waals surface area (Å²) in [5.74, 6) is 2.89. The average molecular weight is 162 g/mol. The molecule has 0 aliphatic heterocycles. The van der Waals surface area contributed by atoms with Crippen LogP contribution in [-0.4, -0.2) is 9.78 Å². The normalized spacial score (nSPS) is 12.6. The first-order valence-electron chi connectivity index (χ1n) is 4.04. The van der Waals surface area contributed by atoms with Crippen LogP contribution in [0.5, 0.6) is 0 Å². The second-order valence-electron chi connectivity index (χ2n) is 3.10. The molecule has 1 aromatic heterocycles. The number of rotatable bonds is 1. The fourth-order valence-electron chi connectivity index (χ4n) is 1.50. The van der Waals surface area contributed by atoms with E-state index in [0.29, 0.717) is 0 Å². The molecular formula is C10H14N2. The highest BCUT2D eigenvalue weighted by Gasteiger charge is 2.13. The van der Waals surface area contributed by atoms with Crippen molar-refractivity contribution in [3.05, 3.63) is 17.0 Å². The van der Waals surface area contributed by atoms with Gasteiger partial charge in [-0.25, -0.2) is 0 Å². The van der Waals surface area contributed by atoms with Crippen molar-refractivity contribution in [3.63, 3.8) is 0 Å². The quantitative estimate of drug-likeness (QED) is 0.575. The summed E-state index contributed by atoms with van der Waals surface area (Å²) in [5.41, 5.74) is 3.40. The fourth-order valence-corrected chi connectivity index (χ4v) is 1.50. The minimum absolute atomic E-state index is 0.165. The highest BCUT2D eigenvalue weighted by Crippen LogP contribution is 2.21. The Hall–Kier alpha value is -1.23. The van der Waals surface area contributed by atoms with Crippen molar-refractivity contribution in [3.8, 4) is 12.3 Å². The molecule has 0 fully saturated rings. The predicted octanol–water partition coefficient (Wildman–Crippen LogP) is 1.77. The molecule has 0 saturated carbocycles. The van der Waals surface area contributed by atoms with E-state index in [0.717, 1.165) is 11.4 Å². The standard InChI is InChI=1S/C10H14N2/c1-6-7(2)10-8(3)11-12(5)9(10)4/h1,7H,2-5H3. The Labute approximate surface area is 73.6 Å². The van der Waals surface area contributed by atoms with Crippen LogP contribution >= 0.6 is 0 Å². The van der Waals surface area contributed by atoms with Gasteiger partial charge in [-0.15, -0.1) is 6.42 Å². The highest BCUT2D eigenvalue weighted by atomic mass is 15.3. The van der Waals surface area contributed by atoms with E-state index in [1.54, 1.807) is 0 Å². The molecule has 1 atom stereocenters. The summed E-state index contributed by atoms with van der Waals surface area (Å²) in [7, 11) is 1.94. The van der Waals surface area contributed by atoms with Gasteiger partial charge in [-0.05, 0) is 20.8 Å². The molecule has 0 aromatic carbocycles. The molecule has 1 heterocycles. The Morgan fingerprint density at radius 3 is 2.42 bits per heavy atom. The largest absolute Gasteiger partial charge is 0.272 e. The lowest BCUT2D eigenvalue weighted by atomic mass is 10.0. The van der Waals surface area contributed by atoms with Gasteiger partial charge >= 0.3 is 0 Å². The third-order valence-electron chi connectivity index (χ3n) is 2.25. The van der Waals surface area contributed by atoms with Gasteiger partial charge in [0.05, 0.1) is 5.69 Å². The summed E-state index contributed by atoms with van der Waals surface area (Å²) < 4.78 is 1.87. The van der Waals surface area contributed by atoms with Crippen LogP contribution in [0.15, 0.2) is 0 Å². The zero-order valence-corrected chi connectivity index (χ0v) is 8.05. The van der Waals surface area contributed by atoms with Crippen LogP contribution < -0.4 is 0 Å². The monoisotopic (exact) mass is 162 g/mol. The average Bonchev–Trinajstić information content (AvgIpc) is 2.26. The number of terminal acetylenes is 1. The molecule has 0 N–H and O–H groups in total. The van der Waals surface area contributed by atoms with E-state index >= 15 is 0 Å². The van der Waals surface area contributed by atoms with Crippen LogP contribution in [-0.2, 0) is 7.05 Å². The summed E-state index contributed by atoms with van der Waals surface area (Å²) in [4.78, 5) is 0. The molecule has 0 radical (unpaired) electrons. The third-order valence-corrected chi connectivity index (χ3v) is 2.25. The second kappa shape index (κ2) is 3.02. The van der Waals surface area contributed by atoms with Gasteiger partial charge in [0.1, 0.15) is 0 Å². The van der Waals surface area contributed by atoms with Crippen molar-refractivity contribution in [2.24, 2.45) is 7.05 Å². The third kappa shape index (κ3) is 1.23. The van der Waals surface area contributed by atoms with E-state index in [2.05, 4.69) is 11.0 Å². The van der Waals surface area contributed by atoms with Crippen LogP contribution in [0.4, 0.5) is 0 Å². The van der Waals surface area contributed by atoms with Crippen LogP contribution in [0.3, 0.4) is 0 Å². The molecule has 0 amide bonds. The lowest BCUT2D eigenvalue weighted by molar-refractivity contribution is 0.729.